The highest BCUT2D eigenvalue weighted by molar-refractivity contribution is 6.00. The number of allylic oxidation sites excluding steroid dienone is 2. The second kappa shape index (κ2) is 14.5. The molecule has 9 heteroatoms. The van der Waals surface area contributed by atoms with E-state index < -0.39 is 29.6 Å². The lowest BCUT2D eigenvalue weighted by atomic mass is 9.78. The molecule has 2 rings (SSSR count). The van der Waals surface area contributed by atoms with Crippen LogP contribution in [0.5, 0.6) is 0 Å². The predicted molar refractivity (Wildman–Crippen MR) is 146 cm³/mol. The van der Waals surface area contributed by atoms with Crippen LogP contribution in [0.15, 0.2) is 46.8 Å². The van der Waals surface area contributed by atoms with Crippen LogP contribution in [0.2, 0.25) is 0 Å². The van der Waals surface area contributed by atoms with Crippen molar-refractivity contribution in [1.82, 2.24) is 5.32 Å². The van der Waals surface area contributed by atoms with Gasteiger partial charge in [0.1, 0.15) is 0 Å². The molecule has 0 aromatic heterocycles. The molecule has 1 unspecified atom stereocenters. The number of methoxy groups -OCH3 is 1. The minimum atomic E-state index is -4.68. The first-order valence-electron chi connectivity index (χ1n) is 13.7. The molecule has 1 aliphatic rings. The van der Waals surface area contributed by atoms with Crippen LogP contribution in [-0.2, 0) is 25.2 Å². The number of carbonyl (C=O) groups excluding carboxylic acids is 2. The molecule has 1 N–H and O–H groups in total. The van der Waals surface area contributed by atoms with E-state index >= 15 is 0 Å². The minimum Gasteiger partial charge on any atom is -0.466 e. The Morgan fingerprint density at radius 1 is 0.846 bits per heavy atom. The maximum Gasteiger partial charge on any atom is 0.416 e. The van der Waals surface area contributed by atoms with E-state index in [4.69, 9.17) is 9.47 Å². The van der Waals surface area contributed by atoms with Crippen molar-refractivity contribution < 1.29 is 36.7 Å². The molecule has 1 atom stereocenters. The van der Waals surface area contributed by atoms with E-state index in [2.05, 4.69) is 26.5 Å². The number of esters is 2. The van der Waals surface area contributed by atoms with E-state index in [1.807, 2.05) is 0 Å². The Labute approximate surface area is 230 Å². The number of ether oxygens (including phenoxy) is 2. The molecule has 1 aromatic carbocycles. The number of dihydropyridines is 1. The fourth-order valence-corrected chi connectivity index (χ4v) is 4.95. The number of hydrogen-bond donors (Lipinski definition) is 1. The number of benzene rings is 1. The zero-order valence-electron chi connectivity index (χ0n) is 24.2. The molecule has 0 aliphatic carbocycles. The maximum atomic E-state index is 13.9. The number of nitrogens with zero attached hydrogens (tertiary/aromatic N) is 1. The zero-order valence-corrected chi connectivity index (χ0v) is 24.2. The van der Waals surface area contributed by atoms with E-state index in [0.29, 0.717) is 17.8 Å². The zero-order chi connectivity index (χ0) is 29.2. The molecule has 6 nitrogen and oxygen atoms in total. The van der Waals surface area contributed by atoms with Gasteiger partial charge in [-0.3, -0.25) is 0 Å². The number of hydrogen-bond acceptors (Lipinski definition) is 5. The Kier molecular flexibility index (Phi) is 12.1. The number of alkyl halides is 3. The van der Waals surface area contributed by atoms with Gasteiger partial charge in [-0.05, 0) is 44.7 Å². The van der Waals surface area contributed by atoms with Crippen molar-refractivity contribution in [2.75, 3.05) is 41.4 Å². The third-order valence-electron chi connectivity index (χ3n) is 6.92. The summed E-state index contributed by atoms with van der Waals surface area (Å²) in [5.41, 5.74) is -0.506. The molecule has 0 saturated carbocycles. The first-order valence-corrected chi connectivity index (χ1v) is 13.7. The Bertz CT molecular complexity index is 1060. The molecule has 218 valence electrons. The average Bonchev–Trinajstić information content (AvgIpc) is 2.85. The van der Waals surface area contributed by atoms with Gasteiger partial charge in [0.2, 0.25) is 0 Å². The van der Waals surface area contributed by atoms with Crippen molar-refractivity contribution in [3.8, 4) is 0 Å². The van der Waals surface area contributed by atoms with Crippen molar-refractivity contribution in [3.63, 3.8) is 0 Å². The van der Waals surface area contributed by atoms with Crippen LogP contribution in [0.1, 0.15) is 82.3 Å². The normalized spacial score (nSPS) is 16.3. The summed E-state index contributed by atoms with van der Waals surface area (Å²) in [5, 5.41) is 2.96. The monoisotopic (exact) mass is 553 g/mol. The quantitative estimate of drug-likeness (QED) is 0.162. The van der Waals surface area contributed by atoms with E-state index in [-0.39, 0.29) is 23.3 Å². The molecule has 0 amide bonds. The lowest BCUT2D eigenvalue weighted by Gasteiger charge is -2.31. The van der Waals surface area contributed by atoms with Gasteiger partial charge in [0, 0.05) is 11.4 Å². The summed E-state index contributed by atoms with van der Waals surface area (Å²) in [5.74, 6) is -2.83. The highest BCUT2D eigenvalue weighted by atomic mass is 19.4. The third-order valence-corrected chi connectivity index (χ3v) is 6.92. The Hall–Kier alpha value is -2.81. The molecule has 1 aliphatic heterocycles. The Morgan fingerprint density at radius 2 is 1.36 bits per heavy atom. The summed E-state index contributed by atoms with van der Waals surface area (Å²) in [7, 11) is 7.76. The molecule has 0 spiro atoms. The van der Waals surface area contributed by atoms with Crippen molar-refractivity contribution >= 4 is 11.9 Å². The van der Waals surface area contributed by atoms with Gasteiger partial charge in [0.15, 0.2) is 0 Å². The first-order chi connectivity index (χ1) is 18.3. The molecule has 1 aromatic rings. The SMILES string of the molecule is COC(=O)C1=C(C)NC(C)=C(C(=O)OCCCCCCCCCC[N+](C)(C)C)C1c1ccccc1C(F)(F)F. The largest absolute Gasteiger partial charge is 0.466 e. The second-order valence-electron chi connectivity index (χ2n) is 11.2. The molecule has 0 bridgehead atoms. The number of unbranched alkanes of at least 4 members (excludes halogenated alkanes) is 7. The molecule has 0 fully saturated rings. The van der Waals surface area contributed by atoms with Gasteiger partial charge in [0.05, 0.1) is 64.0 Å². The van der Waals surface area contributed by atoms with Gasteiger partial charge in [-0.25, -0.2) is 9.59 Å². The number of rotatable bonds is 14. The van der Waals surface area contributed by atoms with Crippen LogP contribution in [0.25, 0.3) is 0 Å². The number of carbonyl (C=O) groups is 2. The van der Waals surface area contributed by atoms with Crippen molar-refractivity contribution in [3.05, 3.63) is 57.9 Å². The highest BCUT2D eigenvalue weighted by Gasteiger charge is 2.43. The fraction of sp³-hybridized carbons (Fsp3) is 0.600. The van der Waals surface area contributed by atoms with E-state index in [1.54, 1.807) is 13.8 Å². The fourth-order valence-electron chi connectivity index (χ4n) is 4.95. The van der Waals surface area contributed by atoms with Gasteiger partial charge in [0.25, 0.3) is 0 Å². The van der Waals surface area contributed by atoms with Crippen LogP contribution in [-0.4, -0.2) is 57.8 Å². The smallest absolute Gasteiger partial charge is 0.416 e. The molecule has 1 heterocycles. The Balaban J connectivity index is 2.03. The summed E-state index contributed by atoms with van der Waals surface area (Å²) in [6.07, 6.45) is 3.89. The molecule has 39 heavy (non-hydrogen) atoms. The number of nitrogens with one attached hydrogen (secondary N) is 1. The van der Waals surface area contributed by atoms with E-state index in [1.165, 1.54) is 50.4 Å². The minimum absolute atomic E-state index is 0.0217. The van der Waals surface area contributed by atoms with Gasteiger partial charge in [-0.2, -0.15) is 13.2 Å². The average molecular weight is 554 g/mol. The number of quaternary nitrogens is 1. The van der Waals surface area contributed by atoms with Crippen molar-refractivity contribution in [1.29, 1.82) is 0 Å². The third kappa shape index (κ3) is 9.71. The van der Waals surface area contributed by atoms with Gasteiger partial charge in [-0.1, -0.05) is 50.3 Å². The van der Waals surface area contributed by atoms with Crippen LogP contribution in [0.4, 0.5) is 13.2 Å². The van der Waals surface area contributed by atoms with Gasteiger partial charge < -0.3 is 19.3 Å². The summed E-state index contributed by atoms with van der Waals surface area (Å²) in [6.45, 7) is 4.50. The summed E-state index contributed by atoms with van der Waals surface area (Å²) < 4.78 is 53.2. The summed E-state index contributed by atoms with van der Waals surface area (Å²) >= 11 is 0. The topological polar surface area (TPSA) is 64.6 Å². The predicted octanol–water partition coefficient (Wildman–Crippen LogP) is 6.48. The summed E-state index contributed by atoms with van der Waals surface area (Å²) in [4.78, 5) is 26.0. The Morgan fingerprint density at radius 3 is 1.90 bits per heavy atom. The van der Waals surface area contributed by atoms with Crippen LogP contribution in [0.3, 0.4) is 0 Å². The molecular formula is C30H44F3N2O4+. The first kappa shape index (κ1) is 32.4. The van der Waals surface area contributed by atoms with Crippen molar-refractivity contribution in [2.45, 2.75) is 77.3 Å². The van der Waals surface area contributed by atoms with Crippen LogP contribution >= 0.6 is 0 Å². The van der Waals surface area contributed by atoms with Gasteiger partial charge in [-0.15, -0.1) is 0 Å². The highest BCUT2D eigenvalue weighted by Crippen LogP contribution is 2.44. The van der Waals surface area contributed by atoms with Crippen LogP contribution < -0.4 is 5.32 Å². The molecule has 0 saturated heterocycles. The van der Waals surface area contributed by atoms with E-state index in [9.17, 15) is 22.8 Å². The van der Waals surface area contributed by atoms with Gasteiger partial charge >= 0.3 is 18.1 Å². The van der Waals surface area contributed by atoms with Crippen LogP contribution in [0, 0.1) is 0 Å². The van der Waals surface area contributed by atoms with Crippen molar-refractivity contribution in [2.24, 2.45) is 0 Å². The molecule has 0 radical (unpaired) electrons. The van der Waals surface area contributed by atoms with E-state index in [0.717, 1.165) is 36.9 Å². The summed E-state index contributed by atoms with van der Waals surface area (Å²) in [6, 6.07) is 4.97. The molecular weight excluding hydrogens is 509 g/mol. The maximum absolute atomic E-state index is 13.9. The lowest BCUT2D eigenvalue weighted by Crippen LogP contribution is -2.35. The lowest BCUT2D eigenvalue weighted by molar-refractivity contribution is -0.870. The number of halogens is 3. The standard InChI is InChI=1S/C30H43F3N2O4/c1-21-25(28(36)38-6)27(23-17-13-14-18-24(23)30(31,32)33)26(22(2)34-21)29(37)39-20-16-12-10-8-7-9-11-15-19-35(3,4)5/h13-14,17-18,27H,7-12,15-16,19-20H2,1-6H3/p+1. The second-order valence-corrected chi connectivity index (χ2v) is 11.2.